The molecule has 2 saturated heterocycles. The molecule has 4 rings (SSSR count). The molecular formula is C27H46N4O2S. The SMILES string of the molecule is CC(C)(C)S(=O)(=O)NC1CCC(CNc2ccc(N3CCC(N4CCCCC4)CC3)cc2)CC1. The van der Waals surface area contributed by atoms with Crippen molar-refractivity contribution in [2.75, 3.05) is 42.9 Å². The number of hydrogen-bond acceptors (Lipinski definition) is 5. The molecule has 7 heteroatoms. The number of nitrogens with zero attached hydrogens (tertiary/aromatic N) is 2. The van der Waals surface area contributed by atoms with Crippen LogP contribution in [0.5, 0.6) is 0 Å². The van der Waals surface area contributed by atoms with Gasteiger partial charge in [0, 0.05) is 43.1 Å². The van der Waals surface area contributed by atoms with Crippen LogP contribution in [-0.4, -0.2) is 62.9 Å². The summed E-state index contributed by atoms with van der Waals surface area (Å²) in [4.78, 5) is 5.28. The zero-order valence-electron chi connectivity index (χ0n) is 21.6. The van der Waals surface area contributed by atoms with E-state index in [0.717, 1.165) is 51.4 Å². The van der Waals surface area contributed by atoms with Crippen molar-refractivity contribution in [3.63, 3.8) is 0 Å². The van der Waals surface area contributed by atoms with Gasteiger partial charge in [-0.1, -0.05) is 6.42 Å². The van der Waals surface area contributed by atoms with Gasteiger partial charge in [0.1, 0.15) is 0 Å². The first-order chi connectivity index (χ1) is 16.2. The van der Waals surface area contributed by atoms with Crippen molar-refractivity contribution in [3.8, 4) is 0 Å². The number of sulfonamides is 1. The first-order valence-corrected chi connectivity index (χ1v) is 15.0. The van der Waals surface area contributed by atoms with Crippen LogP contribution in [-0.2, 0) is 10.0 Å². The van der Waals surface area contributed by atoms with E-state index >= 15 is 0 Å². The van der Waals surface area contributed by atoms with Gasteiger partial charge in [-0.2, -0.15) is 0 Å². The maximum absolute atomic E-state index is 12.4. The van der Waals surface area contributed by atoms with Gasteiger partial charge in [-0.3, -0.25) is 0 Å². The molecule has 0 atom stereocenters. The van der Waals surface area contributed by atoms with Crippen molar-refractivity contribution in [1.29, 1.82) is 0 Å². The van der Waals surface area contributed by atoms with Crippen LogP contribution in [0, 0.1) is 5.92 Å². The normalized spacial score (nSPS) is 25.9. The molecule has 1 saturated carbocycles. The van der Waals surface area contributed by atoms with Crippen LogP contribution >= 0.6 is 0 Å². The molecule has 3 fully saturated rings. The lowest BCUT2D eigenvalue weighted by molar-refractivity contribution is 0.141. The highest BCUT2D eigenvalue weighted by Crippen LogP contribution is 2.28. The number of piperidine rings is 2. The van der Waals surface area contributed by atoms with Gasteiger partial charge in [0.05, 0.1) is 4.75 Å². The molecule has 192 valence electrons. The summed E-state index contributed by atoms with van der Waals surface area (Å²) in [6.45, 7) is 11.2. The Balaban J connectivity index is 1.17. The molecule has 1 aromatic rings. The molecule has 3 aliphatic rings. The van der Waals surface area contributed by atoms with E-state index in [0.29, 0.717) is 5.92 Å². The molecule has 2 N–H and O–H groups in total. The minimum Gasteiger partial charge on any atom is -0.385 e. The molecule has 2 aliphatic heterocycles. The molecule has 0 bridgehead atoms. The summed E-state index contributed by atoms with van der Waals surface area (Å²) in [5.41, 5.74) is 2.52. The molecule has 0 aromatic heterocycles. The second-order valence-electron chi connectivity index (χ2n) is 11.7. The van der Waals surface area contributed by atoms with Gasteiger partial charge in [0.25, 0.3) is 0 Å². The monoisotopic (exact) mass is 490 g/mol. The van der Waals surface area contributed by atoms with Gasteiger partial charge >= 0.3 is 0 Å². The van der Waals surface area contributed by atoms with Crippen LogP contribution in [0.2, 0.25) is 0 Å². The number of rotatable bonds is 7. The van der Waals surface area contributed by atoms with Crippen molar-refractivity contribution in [2.24, 2.45) is 5.92 Å². The van der Waals surface area contributed by atoms with E-state index in [1.54, 1.807) is 20.8 Å². The van der Waals surface area contributed by atoms with E-state index < -0.39 is 14.8 Å². The van der Waals surface area contributed by atoms with Crippen molar-refractivity contribution < 1.29 is 8.42 Å². The summed E-state index contributed by atoms with van der Waals surface area (Å²) in [6, 6.07) is 9.84. The van der Waals surface area contributed by atoms with Crippen LogP contribution in [0.15, 0.2) is 24.3 Å². The summed E-state index contributed by atoms with van der Waals surface area (Å²) in [6.07, 6.45) is 10.7. The van der Waals surface area contributed by atoms with Crippen LogP contribution in [0.4, 0.5) is 11.4 Å². The molecule has 1 aliphatic carbocycles. The first kappa shape index (κ1) is 25.8. The smallest absolute Gasteiger partial charge is 0.216 e. The fourth-order valence-electron chi connectivity index (χ4n) is 5.71. The quantitative estimate of drug-likeness (QED) is 0.573. The molecule has 0 amide bonds. The Morgan fingerprint density at radius 3 is 2.06 bits per heavy atom. The highest BCUT2D eigenvalue weighted by molar-refractivity contribution is 7.90. The van der Waals surface area contributed by atoms with Crippen molar-refractivity contribution >= 4 is 21.4 Å². The zero-order chi connectivity index (χ0) is 24.2. The van der Waals surface area contributed by atoms with Gasteiger partial charge in [0.15, 0.2) is 0 Å². The van der Waals surface area contributed by atoms with Crippen molar-refractivity contribution in [1.82, 2.24) is 9.62 Å². The molecule has 0 radical (unpaired) electrons. The topological polar surface area (TPSA) is 64.7 Å². The van der Waals surface area contributed by atoms with E-state index in [-0.39, 0.29) is 6.04 Å². The number of anilines is 2. The fraction of sp³-hybridized carbons (Fsp3) is 0.778. The van der Waals surface area contributed by atoms with E-state index in [2.05, 4.69) is 44.1 Å². The van der Waals surface area contributed by atoms with E-state index in [4.69, 9.17) is 0 Å². The van der Waals surface area contributed by atoms with Crippen molar-refractivity contribution in [3.05, 3.63) is 24.3 Å². The Hall–Kier alpha value is -1.31. The van der Waals surface area contributed by atoms with Gasteiger partial charge < -0.3 is 15.1 Å². The summed E-state index contributed by atoms with van der Waals surface area (Å²) in [5, 5.41) is 3.62. The van der Waals surface area contributed by atoms with Crippen LogP contribution in [0.3, 0.4) is 0 Å². The third kappa shape index (κ3) is 6.67. The number of nitrogens with one attached hydrogen (secondary N) is 2. The molecule has 0 spiro atoms. The minimum atomic E-state index is -3.26. The predicted molar refractivity (Wildman–Crippen MR) is 143 cm³/mol. The Bertz CT molecular complexity index is 859. The average Bonchev–Trinajstić information content (AvgIpc) is 2.84. The second-order valence-corrected chi connectivity index (χ2v) is 14.2. The van der Waals surface area contributed by atoms with Crippen LogP contribution in [0.1, 0.15) is 78.6 Å². The molecule has 34 heavy (non-hydrogen) atoms. The molecule has 2 heterocycles. The second kappa shape index (κ2) is 11.2. The standard InChI is InChI=1S/C27H46N4O2S/c1-27(2,3)34(32,33)29-24-9-7-22(8-10-24)21-28-23-11-13-25(14-12-23)31-19-15-26(16-20-31)30-17-5-4-6-18-30/h11-14,22,24,26,28-29H,4-10,15-21H2,1-3H3. The van der Waals surface area contributed by atoms with Gasteiger partial charge in [-0.05, 0) is 115 Å². The predicted octanol–water partition coefficient (Wildman–Crippen LogP) is 4.83. The number of likely N-dealkylation sites (tertiary alicyclic amines) is 1. The highest BCUT2D eigenvalue weighted by atomic mass is 32.2. The van der Waals surface area contributed by atoms with Gasteiger partial charge in [-0.25, -0.2) is 13.1 Å². The number of benzene rings is 1. The van der Waals surface area contributed by atoms with Crippen LogP contribution < -0.4 is 14.9 Å². The highest BCUT2D eigenvalue weighted by Gasteiger charge is 2.32. The molecular weight excluding hydrogens is 444 g/mol. The Kier molecular flexibility index (Phi) is 8.47. The lowest BCUT2D eigenvalue weighted by Crippen LogP contribution is -2.46. The van der Waals surface area contributed by atoms with Crippen LogP contribution in [0.25, 0.3) is 0 Å². The van der Waals surface area contributed by atoms with E-state index in [9.17, 15) is 8.42 Å². The third-order valence-electron chi connectivity index (χ3n) is 8.17. The van der Waals surface area contributed by atoms with Crippen molar-refractivity contribution in [2.45, 2.75) is 95.4 Å². The summed E-state index contributed by atoms with van der Waals surface area (Å²) >= 11 is 0. The minimum absolute atomic E-state index is 0.0822. The maximum Gasteiger partial charge on any atom is 0.216 e. The largest absolute Gasteiger partial charge is 0.385 e. The molecule has 0 unspecified atom stereocenters. The van der Waals surface area contributed by atoms with E-state index in [1.165, 1.54) is 56.6 Å². The van der Waals surface area contributed by atoms with Gasteiger partial charge in [-0.15, -0.1) is 0 Å². The lowest BCUT2D eigenvalue weighted by atomic mass is 9.86. The van der Waals surface area contributed by atoms with Gasteiger partial charge in [0.2, 0.25) is 10.0 Å². The summed E-state index contributed by atoms with van der Waals surface area (Å²) < 4.78 is 27.0. The maximum atomic E-state index is 12.4. The Labute approximate surface area is 207 Å². The summed E-state index contributed by atoms with van der Waals surface area (Å²) in [5.74, 6) is 0.601. The molecule has 6 nitrogen and oxygen atoms in total. The third-order valence-corrected chi connectivity index (χ3v) is 10.4. The first-order valence-electron chi connectivity index (χ1n) is 13.6. The average molecular weight is 491 g/mol. The number of hydrogen-bond donors (Lipinski definition) is 2. The lowest BCUT2D eigenvalue weighted by Gasteiger charge is -2.41. The summed E-state index contributed by atoms with van der Waals surface area (Å²) in [7, 11) is -3.26. The van der Waals surface area contributed by atoms with E-state index in [1.807, 2.05) is 0 Å². The zero-order valence-corrected chi connectivity index (χ0v) is 22.4. The Morgan fingerprint density at radius 2 is 1.47 bits per heavy atom. The Morgan fingerprint density at radius 1 is 0.853 bits per heavy atom. The fourth-order valence-corrected chi connectivity index (χ4v) is 6.73. The molecule has 1 aromatic carbocycles.